The maximum Gasteiger partial charge on any atom is 0.255 e. The molecule has 1 aliphatic carbocycles. The summed E-state index contributed by atoms with van der Waals surface area (Å²) in [6.07, 6.45) is 3.07. The van der Waals surface area contributed by atoms with Crippen LogP contribution < -0.4 is 5.32 Å². The van der Waals surface area contributed by atoms with Crippen LogP contribution in [0.5, 0.6) is 0 Å². The van der Waals surface area contributed by atoms with Crippen LogP contribution in [0.4, 0.5) is 14.5 Å². The van der Waals surface area contributed by atoms with Gasteiger partial charge in [0.15, 0.2) is 9.84 Å². The Hall–Kier alpha value is -2.28. The zero-order valence-corrected chi connectivity index (χ0v) is 14.2. The lowest BCUT2D eigenvalue weighted by atomic mass is 10.2. The first-order valence-electron chi connectivity index (χ1n) is 7.98. The Morgan fingerprint density at radius 2 is 1.64 bits per heavy atom. The predicted molar refractivity (Wildman–Crippen MR) is 90.2 cm³/mol. The Morgan fingerprint density at radius 1 is 1.00 bits per heavy atom. The van der Waals surface area contributed by atoms with Crippen molar-refractivity contribution in [3.05, 3.63) is 59.7 Å². The summed E-state index contributed by atoms with van der Waals surface area (Å²) >= 11 is 0. The molecule has 1 N–H and O–H groups in total. The molecule has 0 aromatic heterocycles. The van der Waals surface area contributed by atoms with Gasteiger partial charge in [-0.15, -0.1) is 0 Å². The van der Waals surface area contributed by atoms with Crippen LogP contribution in [0.2, 0.25) is 0 Å². The molecule has 0 unspecified atom stereocenters. The van der Waals surface area contributed by atoms with Gasteiger partial charge in [0.25, 0.3) is 5.91 Å². The summed E-state index contributed by atoms with van der Waals surface area (Å²) in [6, 6.07) is 8.43. The number of anilines is 1. The Labute approximate surface area is 144 Å². The van der Waals surface area contributed by atoms with Crippen molar-refractivity contribution in [3.63, 3.8) is 0 Å². The molecule has 0 atom stereocenters. The Bertz CT molecular complexity index is 886. The van der Waals surface area contributed by atoms with Crippen molar-refractivity contribution in [3.8, 4) is 0 Å². The molecule has 0 bridgehead atoms. The van der Waals surface area contributed by atoms with Gasteiger partial charge in [0, 0.05) is 17.3 Å². The van der Waals surface area contributed by atoms with Gasteiger partial charge < -0.3 is 5.32 Å². The van der Waals surface area contributed by atoms with E-state index < -0.39 is 32.6 Å². The van der Waals surface area contributed by atoms with Crippen molar-refractivity contribution in [1.29, 1.82) is 0 Å². The number of rotatable bonds is 4. The smallest absolute Gasteiger partial charge is 0.255 e. The summed E-state index contributed by atoms with van der Waals surface area (Å²) < 4.78 is 51.7. The summed E-state index contributed by atoms with van der Waals surface area (Å²) in [4.78, 5) is 12.3. The second-order valence-electron chi connectivity index (χ2n) is 6.09. The van der Waals surface area contributed by atoms with E-state index in [1.807, 2.05) is 0 Å². The molecular weight excluding hydrogens is 348 g/mol. The van der Waals surface area contributed by atoms with Gasteiger partial charge in [0.1, 0.15) is 11.6 Å². The van der Waals surface area contributed by atoms with Gasteiger partial charge in [-0.05, 0) is 43.2 Å². The second kappa shape index (κ2) is 6.92. The standard InChI is InChI=1S/C18H17F2NO3S/c19-13-8-12(9-14(20)10-13)18(22)21-15-4-3-7-17(11-15)25(23,24)16-5-1-2-6-16/h3-4,7-11,16H,1-2,5-6H2,(H,21,22). The summed E-state index contributed by atoms with van der Waals surface area (Å²) in [5.41, 5.74) is 0.0790. The summed E-state index contributed by atoms with van der Waals surface area (Å²) in [6.45, 7) is 0. The number of hydrogen-bond donors (Lipinski definition) is 1. The number of amides is 1. The lowest BCUT2D eigenvalue weighted by Gasteiger charge is -2.12. The molecular formula is C18H17F2NO3S. The third-order valence-corrected chi connectivity index (χ3v) is 6.55. The molecule has 1 aliphatic rings. The van der Waals surface area contributed by atoms with E-state index >= 15 is 0 Å². The van der Waals surface area contributed by atoms with Crippen LogP contribution in [-0.2, 0) is 9.84 Å². The lowest BCUT2D eigenvalue weighted by Crippen LogP contribution is -2.18. The molecule has 25 heavy (non-hydrogen) atoms. The van der Waals surface area contributed by atoms with Crippen LogP contribution in [0.25, 0.3) is 0 Å². The highest BCUT2D eigenvalue weighted by molar-refractivity contribution is 7.92. The number of carbonyl (C=O) groups is 1. The molecule has 0 saturated heterocycles. The third-order valence-electron chi connectivity index (χ3n) is 4.29. The number of sulfone groups is 1. The minimum Gasteiger partial charge on any atom is -0.322 e. The SMILES string of the molecule is O=C(Nc1cccc(S(=O)(=O)C2CCCC2)c1)c1cc(F)cc(F)c1. The fraction of sp³-hybridized carbons (Fsp3) is 0.278. The molecule has 4 nitrogen and oxygen atoms in total. The van der Waals surface area contributed by atoms with E-state index in [-0.39, 0.29) is 16.1 Å². The Kier molecular flexibility index (Phi) is 4.85. The molecule has 1 amide bonds. The first-order valence-corrected chi connectivity index (χ1v) is 9.52. The molecule has 2 aromatic rings. The highest BCUT2D eigenvalue weighted by atomic mass is 32.2. The van der Waals surface area contributed by atoms with E-state index in [1.54, 1.807) is 0 Å². The van der Waals surface area contributed by atoms with Gasteiger partial charge in [0.2, 0.25) is 0 Å². The first kappa shape index (κ1) is 17.5. The van der Waals surface area contributed by atoms with Crippen LogP contribution in [0.3, 0.4) is 0 Å². The Morgan fingerprint density at radius 3 is 2.28 bits per heavy atom. The molecule has 0 aliphatic heterocycles. The highest BCUT2D eigenvalue weighted by Gasteiger charge is 2.30. The maximum atomic E-state index is 13.2. The van der Waals surface area contributed by atoms with Gasteiger partial charge in [-0.25, -0.2) is 17.2 Å². The van der Waals surface area contributed by atoms with E-state index in [4.69, 9.17) is 0 Å². The zero-order valence-electron chi connectivity index (χ0n) is 13.3. The second-order valence-corrected chi connectivity index (χ2v) is 8.32. The molecule has 0 heterocycles. The summed E-state index contributed by atoms with van der Waals surface area (Å²) in [5, 5.41) is 2.09. The topological polar surface area (TPSA) is 63.2 Å². The van der Waals surface area contributed by atoms with Crippen molar-refractivity contribution in [1.82, 2.24) is 0 Å². The monoisotopic (exact) mass is 365 g/mol. The number of benzene rings is 2. The number of nitrogens with one attached hydrogen (secondary N) is 1. The normalized spacial score (nSPS) is 15.3. The van der Waals surface area contributed by atoms with Crippen molar-refractivity contribution in [2.24, 2.45) is 0 Å². The molecule has 132 valence electrons. The average Bonchev–Trinajstić information content (AvgIpc) is 3.09. The molecule has 7 heteroatoms. The molecule has 3 rings (SSSR count). The summed E-state index contributed by atoms with van der Waals surface area (Å²) in [5.74, 6) is -2.43. The van der Waals surface area contributed by atoms with Gasteiger partial charge in [-0.2, -0.15) is 0 Å². The van der Waals surface area contributed by atoms with Gasteiger partial charge in [-0.3, -0.25) is 4.79 Å². The largest absolute Gasteiger partial charge is 0.322 e. The molecule has 2 aromatic carbocycles. The average molecular weight is 365 g/mol. The van der Waals surface area contributed by atoms with Crippen LogP contribution >= 0.6 is 0 Å². The number of carbonyl (C=O) groups excluding carboxylic acids is 1. The molecule has 1 saturated carbocycles. The van der Waals surface area contributed by atoms with Crippen molar-refractivity contribution >= 4 is 21.4 Å². The van der Waals surface area contributed by atoms with Crippen LogP contribution in [0, 0.1) is 11.6 Å². The molecule has 0 spiro atoms. The van der Waals surface area contributed by atoms with Crippen molar-refractivity contribution < 1.29 is 22.0 Å². The third kappa shape index (κ3) is 3.87. The van der Waals surface area contributed by atoms with Gasteiger partial charge in [-0.1, -0.05) is 18.9 Å². The predicted octanol–water partition coefficient (Wildman–Crippen LogP) is 3.93. The van der Waals surface area contributed by atoms with Crippen LogP contribution in [0.1, 0.15) is 36.0 Å². The fourth-order valence-electron chi connectivity index (χ4n) is 3.03. The van der Waals surface area contributed by atoms with Gasteiger partial charge in [0.05, 0.1) is 10.1 Å². The van der Waals surface area contributed by atoms with E-state index in [1.165, 1.54) is 24.3 Å². The Balaban J connectivity index is 1.83. The molecule has 1 fully saturated rings. The van der Waals surface area contributed by atoms with E-state index in [9.17, 15) is 22.0 Å². The fourth-order valence-corrected chi connectivity index (χ4v) is 4.93. The quantitative estimate of drug-likeness (QED) is 0.893. The van der Waals surface area contributed by atoms with E-state index in [2.05, 4.69) is 5.32 Å². The lowest BCUT2D eigenvalue weighted by molar-refractivity contribution is 0.102. The van der Waals surface area contributed by atoms with Crippen LogP contribution in [0.15, 0.2) is 47.4 Å². The van der Waals surface area contributed by atoms with Crippen LogP contribution in [-0.4, -0.2) is 19.6 Å². The van der Waals surface area contributed by atoms with E-state index in [0.29, 0.717) is 18.9 Å². The zero-order chi connectivity index (χ0) is 18.0. The first-order chi connectivity index (χ1) is 11.9. The number of hydrogen-bond acceptors (Lipinski definition) is 3. The summed E-state index contributed by atoms with van der Waals surface area (Å²) in [7, 11) is -3.45. The highest BCUT2D eigenvalue weighted by Crippen LogP contribution is 2.30. The number of halogens is 2. The minimum absolute atomic E-state index is 0.141. The van der Waals surface area contributed by atoms with Gasteiger partial charge >= 0.3 is 0 Å². The van der Waals surface area contributed by atoms with Crippen molar-refractivity contribution in [2.75, 3.05) is 5.32 Å². The maximum absolute atomic E-state index is 13.2. The van der Waals surface area contributed by atoms with Crippen molar-refractivity contribution in [2.45, 2.75) is 35.8 Å². The molecule has 0 radical (unpaired) electrons. The minimum atomic E-state index is -3.45. The van der Waals surface area contributed by atoms with E-state index in [0.717, 1.165) is 25.0 Å².